The number of benzene rings is 1. The van der Waals surface area contributed by atoms with Crippen molar-refractivity contribution in [2.45, 2.75) is 13.5 Å². The third-order valence-electron chi connectivity index (χ3n) is 2.23. The van der Waals surface area contributed by atoms with Gasteiger partial charge in [-0.15, -0.1) is 0 Å². The number of nitrogens with zero attached hydrogens (tertiary/aromatic N) is 3. The van der Waals surface area contributed by atoms with Gasteiger partial charge in [0.15, 0.2) is 0 Å². The molecule has 9 heteroatoms. The Morgan fingerprint density at radius 1 is 1.58 bits per heavy atom. The predicted molar refractivity (Wildman–Crippen MR) is 60.5 cm³/mol. The van der Waals surface area contributed by atoms with Gasteiger partial charge in [0, 0.05) is 12.5 Å². The molecule has 100 valence electrons. The van der Waals surface area contributed by atoms with Gasteiger partial charge in [-0.1, -0.05) is 6.07 Å². The molecule has 0 unspecified atom stereocenters. The number of amides is 1. The lowest BCUT2D eigenvalue weighted by molar-refractivity contribution is -0.132. The number of nitrogens with one attached hydrogen (secondary N) is 2. The highest BCUT2D eigenvalue weighted by Crippen LogP contribution is 2.16. The van der Waals surface area contributed by atoms with Crippen molar-refractivity contribution in [1.82, 2.24) is 25.7 Å². The van der Waals surface area contributed by atoms with Gasteiger partial charge in [-0.2, -0.15) is 4.68 Å². The second-order valence-electron chi connectivity index (χ2n) is 3.60. The van der Waals surface area contributed by atoms with E-state index in [4.69, 9.17) is 4.84 Å². The Morgan fingerprint density at radius 2 is 2.37 bits per heavy atom. The molecule has 0 aliphatic heterocycles. The molecule has 0 aliphatic rings. The van der Waals surface area contributed by atoms with E-state index in [0.717, 1.165) is 4.68 Å². The third-order valence-corrected chi connectivity index (χ3v) is 2.23. The molecule has 0 aliphatic carbocycles. The zero-order valence-electron chi connectivity index (χ0n) is 9.88. The lowest BCUT2D eigenvalue weighted by Gasteiger charge is -2.09. The van der Waals surface area contributed by atoms with Crippen molar-refractivity contribution in [3.05, 3.63) is 40.1 Å². The van der Waals surface area contributed by atoms with Gasteiger partial charge >= 0.3 is 5.69 Å². The minimum Gasteiger partial charge on any atom is -0.273 e. The van der Waals surface area contributed by atoms with Crippen molar-refractivity contribution in [1.29, 1.82) is 0 Å². The predicted octanol–water partition coefficient (Wildman–Crippen LogP) is -0.338. The standard InChI is InChI=1S/C10H10FN5O3/c1-6(17)13-19-5-7-8(11)3-2-4-9(7)16-10(18)12-14-15-16/h2-4H,5H2,1H3,(H,13,17)(H,12,15,18). The van der Waals surface area contributed by atoms with Crippen LogP contribution in [0.3, 0.4) is 0 Å². The number of carbonyl (C=O) groups excluding carboxylic acids is 1. The van der Waals surface area contributed by atoms with E-state index in [-0.39, 0.29) is 17.9 Å². The van der Waals surface area contributed by atoms with E-state index in [1.54, 1.807) is 0 Å². The molecule has 0 atom stereocenters. The van der Waals surface area contributed by atoms with Crippen LogP contribution in [-0.2, 0) is 16.2 Å². The molecule has 0 bridgehead atoms. The quantitative estimate of drug-likeness (QED) is 0.738. The molecular weight excluding hydrogens is 257 g/mol. The average molecular weight is 267 g/mol. The smallest absolute Gasteiger partial charge is 0.273 e. The van der Waals surface area contributed by atoms with Gasteiger partial charge in [-0.3, -0.25) is 9.63 Å². The Balaban J connectivity index is 2.34. The van der Waals surface area contributed by atoms with Gasteiger partial charge in [0.25, 0.3) is 0 Å². The van der Waals surface area contributed by atoms with Crippen LogP contribution in [0.15, 0.2) is 23.0 Å². The summed E-state index contributed by atoms with van der Waals surface area (Å²) in [7, 11) is 0. The summed E-state index contributed by atoms with van der Waals surface area (Å²) in [5.41, 5.74) is 1.73. The maximum Gasteiger partial charge on any atom is 0.365 e. The Hall–Kier alpha value is -2.55. The maximum absolute atomic E-state index is 13.7. The second kappa shape index (κ2) is 5.40. The number of hydrogen-bond acceptors (Lipinski definition) is 5. The van der Waals surface area contributed by atoms with E-state index in [2.05, 4.69) is 21.0 Å². The van der Waals surface area contributed by atoms with Crippen LogP contribution in [0.2, 0.25) is 0 Å². The number of halogens is 1. The van der Waals surface area contributed by atoms with Crippen molar-refractivity contribution >= 4 is 5.91 Å². The van der Waals surface area contributed by atoms with Crippen LogP contribution in [0, 0.1) is 5.82 Å². The number of rotatable bonds is 4. The summed E-state index contributed by atoms with van der Waals surface area (Å²) >= 11 is 0. The molecule has 0 spiro atoms. The first-order valence-electron chi connectivity index (χ1n) is 5.26. The van der Waals surface area contributed by atoms with E-state index >= 15 is 0 Å². The number of carbonyl (C=O) groups is 1. The molecule has 1 aromatic carbocycles. The number of aromatic amines is 1. The first-order chi connectivity index (χ1) is 9.09. The minimum atomic E-state index is -0.605. The number of aromatic nitrogens is 4. The lowest BCUT2D eigenvalue weighted by atomic mass is 10.2. The Kier molecular flexibility index (Phi) is 3.66. The summed E-state index contributed by atoms with van der Waals surface area (Å²) in [6, 6.07) is 4.12. The van der Waals surface area contributed by atoms with Crippen LogP contribution in [-0.4, -0.2) is 26.1 Å². The summed E-state index contributed by atoms with van der Waals surface area (Å²) in [5, 5.41) is 8.94. The van der Waals surface area contributed by atoms with Crippen molar-refractivity contribution in [3.63, 3.8) is 0 Å². The zero-order chi connectivity index (χ0) is 13.8. The molecule has 1 amide bonds. The monoisotopic (exact) mass is 267 g/mol. The first-order valence-corrected chi connectivity index (χ1v) is 5.26. The number of hydrogen-bond donors (Lipinski definition) is 2. The summed E-state index contributed by atoms with van der Waals surface area (Å²) in [6.45, 7) is 1.01. The van der Waals surface area contributed by atoms with Crippen LogP contribution in [0.1, 0.15) is 12.5 Å². The van der Waals surface area contributed by atoms with Gasteiger partial charge in [0.1, 0.15) is 12.4 Å². The van der Waals surface area contributed by atoms with E-state index in [0.29, 0.717) is 0 Å². The normalized spacial score (nSPS) is 10.4. The van der Waals surface area contributed by atoms with Crippen LogP contribution in [0.4, 0.5) is 4.39 Å². The SMILES string of the molecule is CC(=O)NOCc1c(F)cccc1-n1nn[nH]c1=O. The van der Waals surface area contributed by atoms with Crippen LogP contribution in [0.5, 0.6) is 0 Å². The first kappa shape index (κ1) is 12.9. The molecular formula is C10H10FN5O3. The molecule has 19 heavy (non-hydrogen) atoms. The molecule has 2 aromatic rings. The molecule has 0 fully saturated rings. The topological polar surface area (TPSA) is 102 Å². The van der Waals surface area contributed by atoms with Gasteiger partial charge in [-0.05, 0) is 22.6 Å². The van der Waals surface area contributed by atoms with Crippen LogP contribution >= 0.6 is 0 Å². The fourth-order valence-corrected chi connectivity index (χ4v) is 1.45. The Labute approximate surface area is 106 Å². The highest BCUT2D eigenvalue weighted by molar-refractivity contribution is 5.71. The highest BCUT2D eigenvalue weighted by atomic mass is 19.1. The molecule has 0 saturated heterocycles. The van der Waals surface area contributed by atoms with Crippen LogP contribution < -0.4 is 11.2 Å². The fraction of sp³-hybridized carbons (Fsp3) is 0.200. The Bertz CT molecular complexity index is 651. The van der Waals surface area contributed by atoms with E-state index < -0.39 is 17.4 Å². The summed E-state index contributed by atoms with van der Waals surface area (Å²) in [4.78, 5) is 26.9. The van der Waals surface area contributed by atoms with Gasteiger partial charge < -0.3 is 0 Å². The summed E-state index contributed by atoms with van der Waals surface area (Å²) in [5.74, 6) is -1.01. The number of tetrazole rings is 1. The van der Waals surface area contributed by atoms with E-state index in [9.17, 15) is 14.0 Å². The molecule has 0 radical (unpaired) electrons. The largest absolute Gasteiger partial charge is 0.365 e. The molecule has 2 rings (SSSR count). The fourth-order valence-electron chi connectivity index (χ4n) is 1.45. The van der Waals surface area contributed by atoms with Gasteiger partial charge in [0.05, 0.1) is 5.69 Å². The van der Waals surface area contributed by atoms with E-state index in [1.807, 2.05) is 0 Å². The van der Waals surface area contributed by atoms with Crippen molar-refractivity contribution in [2.75, 3.05) is 0 Å². The molecule has 1 heterocycles. The molecule has 0 saturated carbocycles. The Morgan fingerprint density at radius 3 is 3.00 bits per heavy atom. The summed E-state index contributed by atoms with van der Waals surface area (Å²) < 4.78 is 14.6. The zero-order valence-corrected chi connectivity index (χ0v) is 9.88. The minimum absolute atomic E-state index is 0.0762. The van der Waals surface area contributed by atoms with Crippen LogP contribution in [0.25, 0.3) is 5.69 Å². The summed E-state index contributed by atoms with van der Waals surface area (Å²) in [6.07, 6.45) is 0. The number of H-pyrrole nitrogens is 1. The average Bonchev–Trinajstić information content (AvgIpc) is 2.77. The van der Waals surface area contributed by atoms with Crippen molar-refractivity contribution < 1.29 is 14.0 Å². The molecule has 2 N–H and O–H groups in total. The van der Waals surface area contributed by atoms with Gasteiger partial charge in [0.2, 0.25) is 5.91 Å². The third kappa shape index (κ3) is 2.83. The van der Waals surface area contributed by atoms with E-state index in [1.165, 1.54) is 25.1 Å². The van der Waals surface area contributed by atoms with Gasteiger partial charge in [-0.25, -0.2) is 19.8 Å². The lowest BCUT2D eigenvalue weighted by Crippen LogP contribution is -2.22. The highest BCUT2D eigenvalue weighted by Gasteiger charge is 2.13. The van der Waals surface area contributed by atoms with Crippen molar-refractivity contribution in [3.8, 4) is 5.69 Å². The molecule has 1 aromatic heterocycles. The number of hydroxylamine groups is 1. The maximum atomic E-state index is 13.7. The molecule has 8 nitrogen and oxygen atoms in total. The second-order valence-corrected chi connectivity index (χ2v) is 3.60. The van der Waals surface area contributed by atoms with Crippen molar-refractivity contribution in [2.24, 2.45) is 0 Å².